The highest BCUT2D eigenvalue weighted by Crippen LogP contribution is 2.28. The van der Waals surface area contributed by atoms with Gasteiger partial charge in [0.25, 0.3) is 0 Å². The van der Waals surface area contributed by atoms with Gasteiger partial charge in [0.15, 0.2) is 0 Å². The molecule has 0 unspecified atom stereocenters. The topological polar surface area (TPSA) is 67.3 Å². The van der Waals surface area contributed by atoms with Crippen molar-refractivity contribution in [1.82, 2.24) is 25.1 Å². The first kappa shape index (κ1) is 13.6. The van der Waals surface area contributed by atoms with Crippen LogP contribution in [-0.4, -0.2) is 25.1 Å². The average molecular weight is 326 g/mol. The predicted octanol–water partition coefficient (Wildman–Crippen LogP) is 3.77. The number of nitrogens with zero attached hydrogens (tertiary/aromatic N) is 4. The molecule has 0 radical (unpaired) electrons. The summed E-state index contributed by atoms with van der Waals surface area (Å²) in [6, 6.07) is 3.40. The molecule has 2 heterocycles. The second kappa shape index (κ2) is 5.55. The molecular formula is C12H9Cl2N5S. The van der Waals surface area contributed by atoms with E-state index >= 15 is 0 Å². The summed E-state index contributed by atoms with van der Waals surface area (Å²) in [5.41, 5.74) is 1.39. The Morgan fingerprint density at radius 1 is 1.15 bits per heavy atom. The fourth-order valence-electron chi connectivity index (χ4n) is 1.62. The van der Waals surface area contributed by atoms with Crippen molar-refractivity contribution in [1.29, 1.82) is 0 Å². The fourth-order valence-corrected chi connectivity index (χ4v) is 2.61. The van der Waals surface area contributed by atoms with Gasteiger partial charge in [-0.2, -0.15) is 0 Å². The molecule has 0 amide bonds. The summed E-state index contributed by atoms with van der Waals surface area (Å²) >= 11 is 13.3. The summed E-state index contributed by atoms with van der Waals surface area (Å²) in [6.07, 6.45) is 2.48. The van der Waals surface area contributed by atoms with Crippen LogP contribution < -0.4 is 0 Å². The summed E-state index contributed by atoms with van der Waals surface area (Å²) in [4.78, 5) is 13.1. The van der Waals surface area contributed by atoms with Crippen LogP contribution in [0.3, 0.4) is 0 Å². The Labute approximate surface area is 129 Å². The first-order chi connectivity index (χ1) is 9.65. The monoisotopic (exact) mass is 325 g/mol. The average Bonchev–Trinajstić information content (AvgIpc) is 2.88. The molecule has 0 bridgehead atoms. The van der Waals surface area contributed by atoms with Crippen LogP contribution in [0.1, 0.15) is 12.7 Å². The summed E-state index contributed by atoms with van der Waals surface area (Å²) in [5.74, 6) is 0.844. The van der Waals surface area contributed by atoms with Crippen molar-refractivity contribution in [3.63, 3.8) is 0 Å². The number of nitrogens with one attached hydrogen (secondary N) is 1. The zero-order chi connectivity index (χ0) is 14.1. The lowest BCUT2D eigenvalue weighted by Crippen LogP contribution is -1.88. The second-order valence-corrected chi connectivity index (χ2v) is 5.79. The van der Waals surface area contributed by atoms with Gasteiger partial charge >= 0.3 is 0 Å². The Morgan fingerprint density at radius 3 is 2.60 bits per heavy atom. The molecule has 1 N–H and O–H groups in total. The Bertz CT molecular complexity index is 774. The molecule has 0 fully saturated rings. The lowest BCUT2D eigenvalue weighted by atomic mass is 10.3. The normalized spacial score (nSPS) is 11.2. The van der Waals surface area contributed by atoms with E-state index in [1.165, 1.54) is 11.8 Å². The minimum atomic E-state index is 0.460. The predicted molar refractivity (Wildman–Crippen MR) is 79.4 cm³/mol. The van der Waals surface area contributed by atoms with Gasteiger partial charge in [-0.25, -0.2) is 9.97 Å². The van der Waals surface area contributed by atoms with Gasteiger partial charge < -0.3 is 0 Å². The van der Waals surface area contributed by atoms with E-state index in [0.717, 1.165) is 12.2 Å². The molecule has 0 aliphatic rings. The van der Waals surface area contributed by atoms with Crippen LogP contribution in [0.25, 0.3) is 11.0 Å². The molecule has 3 aromatic rings. The van der Waals surface area contributed by atoms with Crippen LogP contribution in [-0.2, 0) is 6.42 Å². The van der Waals surface area contributed by atoms with Crippen molar-refractivity contribution in [3.05, 3.63) is 34.2 Å². The Hall–Kier alpha value is -1.37. The number of hydrogen-bond donors (Lipinski definition) is 1. The maximum atomic E-state index is 5.99. The Kier molecular flexibility index (Phi) is 3.78. The van der Waals surface area contributed by atoms with E-state index in [9.17, 15) is 0 Å². The standard InChI is InChI=1S/C12H9Cl2N5S/c1-2-10-17-12(19-18-10)20-11-5-15-8-3-6(13)7(14)4-9(8)16-11/h3-5H,2H2,1H3,(H,17,18,19). The molecule has 0 saturated heterocycles. The van der Waals surface area contributed by atoms with Gasteiger partial charge in [-0.3, -0.25) is 10.1 Å². The van der Waals surface area contributed by atoms with Crippen LogP contribution in [0.4, 0.5) is 0 Å². The highest BCUT2D eigenvalue weighted by Gasteiger charge is 2.08. The van der Waals surface area contributed by atoms with Gasteiger partial charge in [-0.1, -0.05) is 30.1 Å². The number of H-pyrrole nitrogens is 1. The van der Waals surface area contributed by atoms with Crippen LogP contribution >= 0.6 is 35.0 Å². The van der Waals surface area contributed by atoms with Crippen molar-refractivity contribution in [2.24, 2.45) is 0 Å². The molecule has 0 spiro atoms. The number of benzene rings is 1. The smallest absolute Gasteiger partial charge is 0.214 e. The summed E-state index contributed by atoms with van der Waals surface area (Å²) in [5, 5.41) is 9.22. The molecule has 0 aliphatic heterocycles. The molecule has 8 heteroatoms. The lowest BCUT2D eigenvalue weighted by Gasteiger charge is -2.01. The second-order valence-electron chi connectivity index (χ2n) is 3.98. The highest BCUT2D eigenvalue weighted by atomic mass is 35.5. The van der Waals surface area contributed by atoms with Gasteiger partial charge in [0.1, 0.15) is 10.9 Å². The molecule has 2 aromatic heterocycles. The zero-order valence-corrected chi connectivity index (χ0v) is 12.7. The summed E-state index contributed by atoms with van der Waals surface area (Å²) < 4.78 is 0. The van der Waals surface area contributed by atoms with E-state index in [1.54, 1.807) is 18.3 Å². The van der Waals surface area contributed by atoms with E-state index < -0.39 is 0 Å². The molecule has 20 heavy (non-hydrogen) atoms. The van der Waals surface area contributed by atoms with Gasteiger partial charge in [0, 0.05) is 6.42 Å². The van der Waals surface area contributed by atoms with E-state index in [1.807, 2.05) is 6.92 Å². The number of rotatable bonds is 3. The lowest BCUT2D eigenvalue weighted by molar-refractivity contribution is 0.940. The Balaban J connectivity index is 1.94. The molecular weight excluding hydrogens is 317 g/mol. The maximum Gasteiger partial charge on any atom is 0.214 e. The SMILES string of the molecule is CCc1nc(Sc2cnc3cc(Cl)c(Cl)cc3n2)n[nH]1. The first-order valence-electron chi connectivity index (χ1n) is 5.86. The van der Waals surface area contributed by atoms with Gasteiger partial charge in [-0.15, -0.1) is 5.10 Å². The number of aromatic nitrogens is 5. The van der Waals surface area contributed by atoms with Crippen LogP contribution in [0.15, 0.2) is 28.5 Å². The van der Waals surface area contributed by atoms with Crippen molar-refractivity contribution < 1.29 is 0 Å². The third kappa shape index (κ3) is 2.72. The maximum absolute atomic E-state index is 5.99. The summed E-state index contributed by atoms with van der Waals surface area (Å²) in [6.45, 7) is 2.01. The third-order valence-electron chi connectivity index (χ3n) is 2.60. The van der Waals surface area contributed by atoms with E-state index in [0.29, 0.717) is 31.3 Å². The number of hydrogen-bond acceptors (Lipinski definition) is 5. The van der Waals surface area contributed by atoms with E-state index in [4.69, 9.17) is 23.2 Å². The van der Waals surface area contributed by atoms with Gasteiger partial charge in [0.2, 0.25) is 5.16 Å². The number of aromatic amines is 1. The minimum Gasteiger partial charge on any atom is -0.262 e. The molecule has 5 nitrogen and oxygen atoms in total. The van der Waals surface area contributed by atoms with Crippen molar-refractivity contribution in [2.75, 3.05) is 0 Å². The zero-order valence-electron chi connectivity index (χ0n) is 10.4. The van der Waals surface area contributed by atoms with Crippen molar-refractivity contribution in [2.45, 2.75) is 23.5 Å². The van der Waals surface area contributed by atoms with Crippen LogP contribution in [0.5, 0.6) is 0 Å². The molecule has 102 valence electrons. The molecule has 3 rings (SSSR count). The van der Waals surface area contributed by atoms with Crippen molar-refractivity contribution in [3.8, 4) is 0 Å². The number of aryl methyl sites for hydroxylation is 1. The van der Waals surface area contributed by atoms with Gasteiger partial charge in [0.05, 0.1) is 27.3 Å². The molecule has 0 atom stereocenters. The molecule has 0 aliphatic carbocycles. The molecule has 1 aromatic carbocycles. The Morgan fingerprint density at radius 2 is 1.90 bits per heavy atom. The largest absolute Gasteiger partial charge is 0.262 e. The fraction of sp³-hybridized carbons (Fsp3) is 0.167. The minimum absolute atomic E-state index is 0.460. The third-order valence-corrected chi connectivity index (χ3v) is 4.10. The van der Waals surface area contributed by atoms with Crippen LogP contribution in [0, 0.1) is 0 Å². The summed E-state index contributed by atoms with van der Waals surface area (Å²) in [7, 11) is 0. The van der Waals surface area contributed by atoms with Crippen LogP contribution in [0.2, 0.25) is 10.0 Å². The number of fused-ring (bicyclic) bond motifs is 1. The highest BCUT2D eigenvalue weighted by molar-refractivity contribution is 7.99. The quantitative estimate of drug-likeness (QED) is 0.793. The first-order valence-corrected chi connectivity index (χ1v) is 7.44. The molecule has 0 saturated carbocycles. The van der Waals surface area contributed by atoms with E-state index in [-0.39, 0.29) is 0 Å². The van der Waals surface area contributed by atoms with E-state index in [2.05, 4.69) is 25.1 Å². The van der Waals surface area contributed by atoms with Crippen molar-refractivity contribution >= 4 is 46.0 Å². The number of halogens is 2. The van der Waals surface area contributed by atoms with Gasteiger partial charge in [-0.05, 0) is 23.9 Å².